The Morgan fingerprint density at radius 1 is 1.33 bits per heavy atom. The summed E-state index contributed by atoms with van der Waals surface area (Å²) in [6, 6.07) is 7.92. The Hall–Kier alpha value is -3.03. The van der Waals surface area contributed by atoms with Crippen molar-refractivity contribution in [3.05, 3.63) is 52.8 Å². The topological polar surface area (TPSA) is 69.0 Å². The van der Waals surface area contributed by atoms with Crippen LogP contribution >= 0.6 is 0 Å². The number of aryl methyl sites for hydroxylation is 2. The Kier molecular flexibility index (Phi) is 5.40. The molecule has 1 saturated carbocycles. The minimum absolute atomic E-state index is 0.0655. The number of aromatic nitrogens is 3. The van der Waals surface area contributed by atoms with Gasteiger partial charge in [-0.25, -0.2) is 4.98 Å². The van der Waals surface area contributed by atoms with Crippen LogP contribution < -0.4 is 10.1 Å². The van der Waals surface area contributed by atoms with E-state index in [-0.39, 0.29) is 11.7 Å². The molecule has 0 radical (unpaired) electrons. The predicted molar refractivity (Wildman–Crippen MR) is 109 cm³/mol. The van der Waals surface area contributed by atoms with Crippen molar-refractivity contribution < 1.29 is 18.3 Å². The van der Waals surface area contributed by atoms with E-state index in [0.717, 1.165) is 24.2 Å². The Bertz CT molecular complexity index is 1090. The van der Waals surface area contributed by atoms with Crippen molar-refractivity contribution in [1.82, 2.24) is 20.1 Å². The van der Waals surface area contributed by atoms with Gasteiger partial charge in [-0.1, -0.05) is 25.1 Å². The van der Waals surface area contributed by atoms with Crippen molar-refractivity contribution in [1.29, 1.82) is 0 Å². The minimum atomic E-state index is -2.93. The summed E-state index contributed by atoms with van der Waals surface area (Å²) in [7, 11) is 1.81. The zero-order chi connectivity index (χ0) is 21.4. The third-order valence-electron chi connectivity index (χ3n) is 5.45. The molecule has 1 atom stereocenters. The Balaban J connectivity index is 1.71. The Morgan fingerprint density at radius 3 is 2.73 bits per heavy atom. The van der Waals surface area contributed by atoms with Crippen molar-refractivity contribution in [3.8, 4) is 5.75 Å². The molecule has 1 N–H and O–H groups in total. The first-order valence-corrected chi connectivity index (χ1v) is 10.1. The molecule has 3 aromatic rings. The number of nitrogens with one attached hydrogen (secondary N) is 1. The van der Waals surface area contributed by atoms with Gasteiger partial charge in [-0.2, -0.15) is 13.9 Å². The van der Waals surface area contributed by atoms with Crippen molar-refractivity contribution >= 4 is 16.9 Å². The lowest BCUT2D eigenvalue weighted by Gasteiger charge is -2.21. The van der Waals surface area contributed by atoms with Gasteiger partial charge in [0.1, 0.15) is 5.75 Å². The van der Waals surface area contributed by atoms with Gasteiger partial charge in [0, 0.05) is 24.2 Å². The number of benzene rings is 1. The lowest BCUT2D eigenvalue weighted by Crippen LogP contribution is -2.29. The quantitative estimate of drug-likeness (QED) is 0.612. The average Bonchev–Trinajstić information content (AvgIpc) is 3.52. The largest absolute Gasteiger partial charge is 0.434 e. The molecule has 158 valence electrons. The summed E-state index contributed by atoms with van der Waals surface area (Å²) in [6.07, 6.45) is 2.64. The average molecular weight is 414 g/mol. The lowest BCUT2D eigenvalue weighted by molar-refractivity contribution is -0.0506. The second-order valence-electron chi connectivity index (χ2n) is 7.63. The molecule has 1 fully saturated rings. The summed E-state index contributed by atoms with van der Waals surface area (Å²) >= 11 is 0. The SMILES string of the molecule is CCC(NC(=O)c1cc(C2CC2)nc2c1c(C)nn2C)c1ccccc1OC(F)F. The number of carbonyl (C=O) groups excluding carboxylic acids is 1. The smallest absolute Gasteiger partial charge is 0.387 e. The van der Waals surface area contributed by atoms with Gasteiger partial charge in [0.2, 0.25) is 0 Å². The molecule has 0 aliphatic heterocycles. The van der Waals surface area contributed by atoms with E-state index in [1.165, 1.54) is 6.07 Å². The summed E-state index contributed by atoms with van der Waals surface area (Å²) < 4.78 is 32.0. The number of pyridine rings is 1. The number of rotatable bonds is 7. The number of alkyl halides is 2. The summed E-state index contributed by atoms with van der Waals surface area (Å²) in [5.74, 6) is 0.160. The second-order valence-corrected chi connectivity index (χ2v) is 7.63. The molecule has 2 heterocycles. The summed E-state index contributed by atoms with van der Waals surface area (Å²) in [5, 5.41) is 8.14. The van der Waals surface area contributed by atoms with E-state index in [2.05, 4.69) is 15.2 Å². The highest BCUT2D eigenvalue weighted by atomic mass is 19.3. The van der Waals surface area contributed by atoms with Gasteiger partial charge in [-0.3, -0.25) is 9.48 Å². The molecule has 2 aromatic heterocycles. The fraction of sp³-hybridized carbons (Fsp3) is 0.409. The number of fused-ring (bicyclic) bond motifs is 1. The molecule has 0 saturated heterocycles. The van der Waals surface area contributed by atoms with E-state index in [9.17, 15) is 13.6 Å². The van der Waals surface area contributed by atoms with Gasteiger partial charge >= 0.3 is 6.61 Å². The van der Waals surface area contributed by atoms with E-state index in [0.29, 0.717) is 34.5 Å². The van der Waals surface area contributed by atoms with E-state index in [1.54, 1.807) is 22.9 Å². The molecule has 30 heavy (non-hydrogen) atoms. The maximum Gasteiger partial charge on any atom is 0.387 e. The van der Waals surface area contributed by atoms with E-state index < -0.39 is 12.7 Å². The second kappa shape index (κ2) is 8.01. The molecular weight excluding hydrogens is 390 g/mol. The van der Waals surface area contributed by atoms with Crippen LogP contribution in [0.4, 0.5) is 8.78 Å². The van der Waals surface area contributed by atoms with E-state index in [4.69, 9.17) is 4.98 Å². The van der Waals surface area contributed by atoms with Crippen LogP contribution in [0.3, 0.4) is 0 Å². The Labute approximate surface area is 173 Å². The summed E-state index contributed by atoms with van der Waals surface area (Å²) in [5.41, 5.74) is 3.33. The highest BCUT2D eigenvalue weighted by Crippen LogP contribution is 2.40. The number of hydrogen-bond donors (Lipinski definition) is 1. The monoisotopic (exact) mass is 414 g/mol. The first-order valence-electron chi connectivity index (χ1n) is 10.1. The summed E-state index contributed by atoms with van der Waals surface area (Å²) in [4.78, 5) is 18.0. The summed E-state index contributed by atoms with van der Waals surface area (Å²) in [6.45, 7) is 0.802. The third-order valence-corrected chi connectivity index (χ3v) is 5.45. The van der Waals surface area contributed by atoms with Gasteiger partial charge < -0.3 is 10.1 Å². The molecule has 1 aromatic carbocycles. The lowest BCUT2D eigenvalue weighted by atomic mass is 10.0. The molecule has 4 rings (SSSR count). The van der Waals surface area contributed by atoms with Gasteiger partial charge in [0.05, 0.1) is 22.7 Å². The molecule has 1 aliphatic carbocycles. The fourth-order valence-corrected chi connectivity index (χ4v) is 3.84. The van der Waals surface area contributed by atoms with Crippen LogP contribution in [0.25, 0.3) is 11.0 Å². The fourth-order valence-electron chi connectivity index (χ4n) is 3.84. The van der Waals surface area contributed by atoms with Crippen LogP contribution in [0.2, 0.25) is 0 Å². The molecule has 0 bridgehead atoms. The van der Waals surface area contributed by atoms with Crippen LogP contribution in [0, 0.1) is 6.92 Å². The maximum absolute atomic E-state index is 13.3. The number of amides is 1. The number of carbonyl (C=O) groups is 1. The maximum atomic E-state index is 13.3. The van der Waals surface area contributed by atoms with Gasteiger partial charge in [-0.15, -0.1) is 0 Å². The number of ether oxygens (including phenoxy) is 1. The zero-order valence-corrected chi connectivity index (χ0v) is 17.2. The van der Waals surface area contributed by atoms with Crippen molar-refractivity contribution in [3.63, 3.8) is 0 Å². The van der Waals surface area contributed by atoms with E-state index in [1.807, 2.05) is 27.0 Å². The van der Waals surface area contributed by atoms with Gasteiger partial charge in [0.25, 0.3) is 5.91 Å². The number of hydrogen-bond acceptors (Lipinski definition) is 4. The first kappa shape index (κ1) is 20.3. The predicted octanol–water partition coefficient (Wildman–Crippen LogP) is 4.64. The van der Waals surface area contributed by atoms with Crippen LogP contribution in [-0.2, 0) is 7.05 Å². The molecule has 8 heteroatoms. The van der Waals surface area contributed by atoms with Crippen molar-refractivity contribution in [2.45, 2.75) is 51.7 Å². The number of nitrogens with zero attached hydrogens (tertiary/aromatic N) is 3. The first-order chi connectivity index (χ1) is 14.4. The molecule has 1 unspecified atom stereocenters. The van der Waals surface area contributed by atoms with Gasteiger partial charge in [-0.05, 0) is 38.3 Å². The molecule has 0 spiro atoms. The molecule has 6 nitrogen and oxygen atoms in total. The zero-order valence-electron chi connectivity index (χ0n) is 17.2. The normalized spacial score (nSPS) is 14.9. The van der Waals surface area contributed by atoms with Crippen LogP contribution in [0.1, 0.15) is 65.5 Å². The van der Waals surface area contributed by atoms with Crippen molar-refractivity contribution in [2.75, 3.05) is 0 Å². The van der Waals surface area contributed by atoms with Crippen LogP contribution in [0.15, 0.2) is 30.3 Å². The number of para-hydroxylation sites is 1. The Morgan fingerprint density at radius 2 is 2.07 bits per heavy atom. The molecular formula is C22H24F2N4O2. The van der Waals surface area contributed by atoms with Crippen molar-refractivity contribution in [2.24, 2.45) is 7.05 Å². The highest BCUT2D eigenvalue weighted by molar-refractivity contribution is 6.06. The molecule has 1 amide bonds. The minimum Gasteiger partial charge on any atom is -0.434 e. The van der Waals surface area contributed by atoms with Gasteiger partial charge in [0.15, 0.2) is 5.65 Å². The molecule has 1 aliphatic rings. The standard InChI is InChI=1S/C22H24F2N4O2/c1-4-16(14-7-5-6-8-18(14)30-22(23)24)26-21(29)15-11-17(13-9-10-13)25-20-19(15)12(2)27-28(20)3/h5-8,11,13,16,22H,4,9-10H2,1-3H3,(H,26,29). The number of halogens is 2. The van der Waals surface area contributed by atoms with Crippen LogP contribution in [-0.4, -0.2) is 27.3 Å². The third kappa shape index (κ3) is 3.86. The highest BCUT2D eigenvalue weighted by Gasteiger charge is 2.29. The van der Waals surface area contributed by atoms with E-state index >= 15 is 0 Å². The van der Waals surface area contributed by atoms with Crippen LogP contribution in [0.5, 0.6) is 5.75 Å².